The highest BCUT2D eigenvalue weighted by Crippen LogP contribution is 2.26. The van der Waals surface area contributed by atoms with Gasteiger partial charge in [-0.25, -0.2) is 0 Å². The number of nitrogens with one attached hydrogen (secondary N) is 1. The van der Waals surface area contributed by atoms with Gasteiger partial charge in [0.05, 0.1) is 5.56 Å². The van der Waals surface area contributed by atoms with E-state index in [1.54, 1.807) is 13.2 Å². The van der Waals surface area contributed by atoms with Crippen LogP contribution < -0.4 is 5.56 Å². The monoisotopic (exact) mass is 203 g/mol. The van der Waals surface area contributed by atoms with Crippen molar-refractivity contribution in [1.82, 2.24) is 5.16 Å². The van der Waals surface area contributed by atoms with Crippen molar-refractivity contribution >= 4 is 17.7 Å². The molecule has 72 valence electrons. The van der Waals surface area contributed by atoms with Crippen molar-refractivity contribution in [2.24, 2.45) is 0 Å². The molecule has 0 spiro atoms. The van der Waals surface area contributed by atoms with Crippen molar-refractivity contribution in [3.8, 4) is 0 Å². The van der Waals surface area contributed by atoms with Gasteiger partial charge in [0.15, 0.2) is 0 Å². The Hall–Kier alpha value is -1.17. The average Bonchev–Trinajstić information content (AvgIpc) is 2.36. The lowest BCUT2D eigenvalue weighted by molar-refractivity contribution is -0.136. The summed E-state index contributed by atoms with van der Waals surface area (Å²) in [7, 11) is 0. The molecular weight excluding hydrogens is 194 g/mol. The lowest BCUT2D eigenvalue weighted by atomic mass is 10.2. The first-order valence-electron chi connectivity index (χ1n) is 3.51. The summed E-state index contributed by atoms with van der Waals surface area (Å²) in [5, 5.41) is 10.0. The fraction of sp³-hybridized carbons (Fsp3) is 0.429. The van der Waals surface area contributed by atoms with Crippen LogP contribution in [0, 0.1) is 6.92 Å². The molecule has 0 bridgehead atoms. The van der Waals surface area contributed by atoms with Crippen LogP contribution in [0.1, 0.15) is 16.6 Å². The van der Waals surface area contributed by atoms with Gasteiger partial charge >= 0.3 is 5.97 Å². The van der Waals surface area contributed by atoms with Crippen LogP contribution in [-0.2, 0) is 4.79 Å². The van der Waals surface area contributed by atoms with E-state index in [1.165, 1.54) is 0 Å². The Morgan fingerprint density at radius 2 is 2.31 bits per heavy atom. The van der Waals surface area contributed by atoms with E-state index in [0.717, 1.165) is 11.8 Å². The first-order valence-corrected chi connectivity index (χ1v) is 4.80. The summed E-state index contributed by atoms with van der Waals surface area (Å²) < 4.78 is 4.71. The SMILES string of the molecule is CS[C@@H](C(=O)O)c1c(C)o[nH]c1=O. The highest BCUT2D eigenvalue weighted by molar-refractivity contribution is 7.99. The van der Waals surface area contributed by atoms with Crippen LogP contribution in [0.5, 0.6) is 0 Å². The standard InChI is InChI=1S/C7H9NO4S/c1-3-4(6(9)8-12-3)5(13-2)7(10)11/h5H,1-2H3,(H,8,9)(H,10,11)/t5-/m1/s1. The van der Waals surface area contributed by atoms with Gasteiger partial charge in [-0.2, -0.15) is 5.16 Å². The topological polar surface area (TPSA) is 83.3 Å². The number of carbonyl (C=O) groups is 1. The summed E-state index contributed by atoms with van der Waals surface area (Å²) in [5.74, 6) is -0.714. The van der Waals surface area contributed by atoms with Gasteiger partial charge in [0.2, 0.25) is 0 Å². The van der Waals surface area contributed by atoms with Crippen molar-refractivity contribution < 1.29 is 14.4 Å². The number of thioether (sulfide) groups is 1. The quantitative estimate of drug-likeness (QED) is 0.757. The van der Waals surface area contributed by atoms with Gasteiger partial charge in [-0.15, -0.1) is 11.8 Å². The molecule has 5 nitrogen and oxygen atoms in total. The first kappa shape index (κ1) is 9.91. The molecular formula is C7H9NO4S. The van der Waals surface area contributed by atoms with Crippen molar-refractivity contribution in [3.63, 3.8) is 0 Å². The molecule has 0 aliphatic rings. The van der Waals surface area contributed by atoms with E-state index in [2.05, 4.69) is 5.16 Å². The van der Waals surface area contributed by atoms with Gasteiger partial charge in [-0.3, -0.25) is 9.59 Å². The number of H-pyrrole nitrogens is 1. The predicted octanol–water partition coefficient (Wildman–Crippen LogP) is 0.765. The zero-order valence-electron chi connectivity index (χ0n) is 7.16. The second kappa shape index (κ2) is 3.69. The number of hydrogen-bond acceptors (Lipinski definition) is 4. The lowest BCUT2D eigenvalue weighted by Gasteiger charge is -2.04. The highest BCUT2D eigenvalue weighted by atomic mass is 32.2. The molecule has 6 heteroatoms. The minimum atomic E-state index is -1.04. The average molecular weight is 203 g/mol. The van der Waals surface area contributed by atoms with Crippen LogP contribution >= 0.6 is 11.8 Å². The Morgan fingerprint density at radius 1 is 1.69 bits per heavy atom. The summed E-state index contributed by atoms with van der Waals surface area (Å²) in [6.07, 6.45) is 1.63. The van der Waals surface area contributed by atoms with Gasteiger partial charge in [-0.05, 0) is 13.2 Å². The number of carboxylic acids is 1. The summed E-state index contributed by atoms with van der Waals surface area (Å²) in [6.45, 7) is 1.55. The summed E-state index contributed by atoms with van der Waals surface area (Å²) in [5.41, 5.74) is -0.292. The van der Waals surface area contributed by atoms with Crippen LogP contribution in [0.25, 0.3) is 0 Å². The second-order valence-corrected chi connectivity index (χ2v) is 3.40. The van der Waals surface area contributed by atoms with E-state index < -0.39 is 16.8 Å². The number of carboxylic acid groups (broad SMARTS) is 1. The molecule has 0 unspecified atom stereocenters. The van der Waals surface area contributed by atoms with Gasteiger partial charge in [0, 0.05) is 0 Å². The molecule has 1 atom stereocenters. The van der Waals surface area contributed by atoms with E-state index in [0.29, 0.717) is 5.76 Å². The smallest absolute Gasteiger partial charge is 0.321 e. The molecule has 0 aromatic carbocycles. The Bertz CT molecular complexity index is 367. The molecule has 1 aromatic heterocycles. The van der Waals surface area contributed by atoms with Gasteiger partial charge in [0.1, 0.15) is 11.0 Å². The fourth-order valence-corrected chi connectivity index (χ4v) is 1.75. The molecule has 1 heterocycles. The van der Waals surface area contributed by atoms with Crippen LogP contribution in [0.3, 0.4) is 0 Å². The van der Waals surface area contributed by atoms with Crippen LogP contribution in [0.4, 0.5) is 0 Å². The van der Waals surface area contributed by atoms with Crippen molar-refractivity contribution in [3.05, 3.63) is 21.7 Å². The van der Waals surface area contributed by atoms with E-state index in [-0.39, 0.29) is 5.56 Å². The molecule has 1 aromatic rings. The van der Waals surface area contributed by atoms with Gasteiger partial charge in [0.25, 0.3) is 5.56 Å². The molecule has 0 aliphatic carbocycles. The predicted molar refractivity (Wildman–Crippen MR) is 48.0 cm³/mol. The molecule has 0 fully saturated rings. The third-order valence-corrected chi connectivity index (χ3v) is 2.55. The van der Waals surface area contributed by atoms with Crippen LogP contribution in [0.15, 0.2) is 9.32 Å². The maximum absolute atomic E-state index is 11.1. The molecule has 0 saturated heterocycles. The largest absolute Gasteiger partial charge is 0.480 e. The minimum absolute atomic E-state index is 0.181. The molecule has 0 aliphatic heterocycles. The Balaban J connectivity index is 3.18. The fourth-order valence-electron chi connectivity index (χ4n) is 1.04. The zero-order valence-corrected chi connectivity index (χ0v) is 7.97. The number of aliphatic carboxylic acids is 1. The summed E-state index contributed by atoms with van der Waals surface area (Å²) in [4.78, 5) is 21.8. The number of aromatic nitrogens is 1. The Kier molecular flexibility index (Phi) is 2.82. The third-order valence-electron chi connectivity index (χ3n) is 1.64. The van der Waals surface area contributed by atoms with E-state index in [1.807, 2.05) is 0 Å². The molecule has 0 amide bonds. The maximum Gasteiger partial charge on any atom is 0.321 e. The van der Waals surface area contributed by atoms with Crippen molar-refractivity contribution in [2.45, 2.75) is 12.2 Å². The van der Waals surface area contributed by atoms with E-state index >= 15 is 0 Å². The first-order chi connectivity index (χ1) is 6.07. The molecule has 0 saturated carbocycles. The van der Waals surface area contributed by atoms with Gasteiger partial charge < -0.3 is 9.63 Å². The maximum atomic E-state index is 11.1. The van der Waals surface area contributed by atoms with Crippen molar-refractivity contribution in [1.29, 1.82) is 0 Å². The normalized spacial score (nSPS) is 12.8. The van der Waals surface area contributed by atoms with Crippen LogP contribution in [0.2, 0.25) is 0 Å². The van der Waals surface area contributed by atoms with E-state index in [4.69, 9.17) is 9.63 Å². The third kappa shape index (κ3) is 1.77. The number of aromatic amines is 1. The number of rotatable bonds is 3. The minimum Gasteiger partial charge on any atom is -0.480 e. The van der Waals surface area contributed by atoms with E-state index in [9.17, 15) is 9.59 Å². The highest BCUT2D eigenvalue weighted by Gasteiger charge is 2.25. The molecule has 0 radical (unpaired) electrons. The second-order valence-electron chi connectivity index (χ2n) is 2.46. The molecule has 2 N–H and O–H groups in total. The van der Waals surface area contributed by atoms with Gasteiger partial charge in [-0.1, -0.05) is 0 Å². The van der Waals surface area contributed by atoms with Crippen molar-refractivity contribution in [2.75, 3.05) is 6.26 Å². The summed E-state index contributed by atoms with van der Waals surface area (Å²) >= 11 is 1.08. The molecule has 1 rings (SSSR count). The van der Waals surface area contributed by atoms with Crippen LogP contribution in [-0.4, -0.2) is 22.5 Å². The Morgan fingerprint density at radius 3 is 2.62 bits per heavy atom. The number of aryl methyl sites for hydroxylation is 1. The lowest BCUT2D eigenvalue weighted by Crippen LogP contribution is -2.16. The number of hydrogen-bond donors (Lipinski definition) is 2. The molecule has 13 heavy (non-hydrogen) atoms. The zero-order chi connectivity index (χ0) is 10.0. The Labute approximate surface area is 78.1 Å². The summed E-state index contributed by atoms with van der Waals surface area (Å²) in [6, 6.07) is 0.